The highest BCUT2D eigenvalue weighted by Gasteiger charge is 2.27. The SMILES string of the molecule is CNS(=O)(=O)c1ccc(N/C=C2\C(=O)Nc3ccc4scnc4c32)cc1. The second-order valence-electron chi connectivity index (χ2n) is 5.58. The molecule has 132 valence electrons. The lowest BCUT2D eigenvalue weighted by molar-refractivity contribution is -0.110. The summed E-state index contributed by atoms with van der Waals surface area (Å²) in [5, 5.41) is 5.88. The van der Waals surface area contributed by atoms with E-state index in [2.05, 4.69) is 20.3 Å². The minimum atomic E-state index is -3.48. The Morgan fingerprint density at radius 3 is 2.65 bits per heavy atom. The summed E-state index contributed by atoms with van der Waals surface area (Å²) in [6.45, 7) is 0. The topological polar surface area (TPSA) is 100 Å². The van der Waals surface area contributed by atoms with Gasteiger partial charge in [0, 0.05) is 17.5 Å². The third-order valence-electron chi connectivity index (χ3n) is 4.08. The highest BCUT2D eigenvalue weighted by Crippen LogP contribution is 2.38. The van der Waals surface area contributed by atoms with Gasteiger partial charge >= 0.3 is 0 Å². The van der Waals surface area contributed by atoms with Gasteiger partial charge in [0.1, 0.15) is 0 Å². The molecule has 1 aromatic heterocycles. The lowest BCUT2D eigenvalue weighted by Crippen LogP contribution is -2.18. The summed E-state index contributed by atoms with van der Waals surface area (Å²) in [5.74, 6) is -0.206. The van der Waals surface area contributed by atoms with E-state index < -0.39 is 10.0 Å². The highest BCUT2D eigenvalue weighted by molar-refractivity contribution is 7.89. The van der Waals surface area contributed by atoms with Crippen LogP contribution in [0.1, 0.15) is 5.56 Å². The van der Waals surface area contributed by atoms with Crippen LogP contribution in [0.25, 0.3) is 15.8 Å². The molecule has 0 unspecified atom stereocenters. The van der Waals surface area contributed by atoms with E-state index in [0.29, 0.717) is 11.3 Å². The molecule has 1 aliphatic heterocycles. The molecule has 3 aromatic rings. The Morgan fingerprint density at radius 2 is 1.92 bits per heavy atom. The fourth-order valence-electron chi connectivity index (χ4n) is 2.75. The Hall–Kier alpha value is -2.75. The molecule has 0 saturated heterocycles. The predicted octanol–water partition coefficient (Wildman–Crippen LogP) is 2.61. The summed E-state index contributed by atoms with van der Waals surface area (Å²) >= 11 is 1.52. The number of hydrogen-bond acceptors (Lipinski definition) is 6. The number of nitrogens with zero attached hydrogens (tertiary/aromatic N) is 1. The lowest BCUT2D eigenvalue weighted by Gasteiger charge is -2.05. The van der Waals surface area contributed by atoms with Gasteiger partial charge in [-0.1, -0.05) is 0 Å². The molecule has 0 spiro atoms. The average molecular weight is 386 g/mol. The fraction of sp³-hybridized carbons (Fsp3) is 0.0588. The fourth-order valence-corrected chi connectivity index (χ4v) is 4.17. The molecule has 0 bridgehead atoms. The molecule has 7 nitrogen and oxygen atoms in total. The minimum absolute atomic E-state index is 0.173. The molecule has 0 fully saturated rings. The van der Waals surface area contributed by atoms with E-state index in [4.69, 9.17) is 0 Å². The zero-order chi connectivity index (χ0) is 18.3. The minimum Gasteiger partial charge on any atom is -0.361 e. The molecule has 2 aromatic carbocycles. The van der Waals surface area contributed by atoms with E-state index in [1.54, 1.807) is 23.8 Å². The molecule has 1 aliphatic rings. The number of rotatable bonds is 4. The summed E-state index contributed by atoms with van der Waals surface area (Å²) in [5.41, 5.74) is 5.20. The summed E-state index contributed by atoms with van der Waals surface area (Å²) in [6, 6.07) is 10.1. The summed E-state index contributed by atoms with van der Waals surface area (Å²) in [4.78, 5) is 16.8. The number of carbonyl (C=O) groups excluding carboxylic acids is 1. The Morgan fingerprint density at radius 1 is 1.15 bits per heavy atom. The number of amides is 1. The molecule has 0 atom stereocenters. The Bertz CT molecular complexity index is 1150. The van der Waals surface area contributed by atoms with Gasteiger partial charge in [-0.2, -0.15) is 0 Å². The zero-order valence-corrected chi connectivity index (χ0v) is 15.2. The molecule has 0 saturated carbocycles. The average Bonchev–Trinajstić information content (AvgIpc) is 3.23. The number of sulfonamides is 1. The van der Waals surface area contributed by atoms with Crippen LogP contribution in [0, 0.1) is 0 Å². The van der Waals surface area contributed by atoms with E-state index in [1.807, 2.05) is 12.1 Å². The summed E-state index contributed by atoms with van der Waals surface area (Å²) < 4.78 is 26.8. The lowest BCUT2D eigenvalue weighted by atomic mass is 10.1. The van der Waals surface area contributed by atoms with Gasteiger partial charge in [-0.05, 0) is 43.4 Å². The van der Waals surface area contributed by atoms with Crippen LogP contribution in [0.15, 0.2) is 53.0 Å². The largest absolute Gasteiger partial charge is 0.361 e. The number of nitrogens with one attached hydrogen (secondary N) is 3. The van der Waals surface area contributed by atoms with Crippen molar-refractivity contribution in [3.8, 4) is 0 Å². The van der Waals surface area contributed by atoms with E-state index in [9.17, 15) is 13.2 Å². The molecular weight excluding hydrogens is 372 g/mol. The Kier molecular flexibility index (Phi) is 3.98. The maximum absolute atomic E-state index is 12.3. The van der Waals surface area contributed by atoms with Crippen molar-refractivity contribution in [3.63, 3.8) is 0 Å². The van der Waals surface area contributed by atoms with Crippen LogP contribution >= 0.6 is 11.3 Å². The summed E-state index contributed by atoms with van der Waals surface area (Å²) in [6.07, 6.45) is 1.61. The normalized spacial score (nSPS) is 15.3. The Labute approximate surface area is 153 Å². The van der Waals surface area contributed by atoms with Gasteiger partial charge in [0.25, 0.3) is 5.91 Å². The predicted molar refractivity (Wildman–Crippen MR) is 103 cm³/mol. The highest BCUT2D eigenvalue weighted by atomic mass is 32.2. The first-order chi connectivity index (χ1) is 12.5. The van der Waals surface area contributed by atoms with Gasteiger partial charge in [0.15, 0.2) is 0 Å². The van der Waals surface area contributed by atoms with Crippen molar-refractivity contribution in [3.05, 3.63) is 53.7 Å². The molecule has 3 N–H and O–H groups in total. The van der Waals surface area contributed by atoms with Crippen LogP contribution in [0.3, 0.4) is 0 Å². The number of benzene rings is 2. The molecular formula is C17H14N4O3S2. The number of anilines is 2. The van der Waals surface area contributed by atoms with Gasteiger partial charge in [0.2, 0.25) is 10.0 Å². The van der Waals surface area contributed by atoms with Gasteiger partial charge in [-0.3, -0.25) is 4.79 Å². The van der Waals surface area contributed by atoms with E-state index in [1.165, 1.54) is 30.5 Å². The third kappa shape index (κ3) is 2.75. The number of fused-ring (bicyclic) bond motifs is 3. The molecule has 2 heterocycles. The maximum atomic E-state index is 12.3. The van der Waals surface area contributed by atoms with Gasteiger partial charge in [-0.15, -0.1) is 11.3 Å². The zero-order valence-electron chi connectivity index (χ0n) is 13.6. The van der Waals surface area contributed by atoms with Crippen LogP contribution in [0.4, 0.5) is 11.4 Å². The molecule has 0 aliphatic carbocycles. The van der Waals surface area contributed by atoms with Crippen molar-refractivity contribution in [1.82, 2.24) is 9.71 Å². The van der Waals surface area contributed by atoms with Crippen LogP contribution in [-0.2, 0) is 14.8 Å². The molecule has 26 heavy (non-hydrogen) atoms. The number of carbonyl (C=O) groups is 1. The monoisotopic (exact) mass is 386 g/mol. The number of hydrogen-bond donors (Lipinski definition) is 3. The Balaban J connectivity index is 1.66. The van der Waals surface area contributed by atoms with E-state index >= 15 is 0 Å². The first kappa shape index (κ1) is 16.7. The van der Waals surface area contributed by atoms with Gasteiger partial charge in [-0.25, -0.2) is 18.1 Å². The second-order valence-corrected chi connectivity index (χ2v) is 8.35. The van der Waals surface area contributed by atoms with Crippen LogP contribution in [-0.4, -0.2) is 26.4 Å². The van der Waals surface area contributed by atoms with Crippen LogP contribution in [0.5, 0.6) is 0 Å². The standard InChI is InChI=1S/C17H14N4O3S2/c1-18-26(23,24)11-4-2-10(3-5-11)19-8-12-15-13(21-17(12)22)6-7-14-16(15)20-9-25-14/h2-9,18-19H,1H3,(H,21,22)/b12-8-. The molecule has 1 amide bonds. The molecule has 4 rings (SSSR count). The molecule has 0 radical (unpaired) electrons. The van der Waals surface area contributed by atoms with Crippen molar-refractivity contribution in [2.75, 3.05) is 17.7 Å². The maximum Gasteiger partial charge on any atom is 0.257 e. The smallest absolute Gasteiger partial charge is 0.257 e. The number of thiazole rings is 1. The van der Waals surface area contributed by atoms with Gasteiger partial charge < -0.3 is 10.6 Å². The van der Waals surface area contributed by atoms with Crippen molar-refractivity contribution in [2.45, 2.75) is 4.90 Å². The third-order valence-corrected chi connectivity index (χ3v) is 6.31. The van der Waals surface area contributed by atoms with Crippen molar-refractivity contribution in [1.29, 1.82) is 0 Å². The van der Waals surface area contributed by atoms with Crippen molar-refractivity contribution >= 4 is 54.4 Å². The summed E-state index contributed by atoms with van der Waals surface area (Å²) in [7, 11) is -2.11. The first-order valence-corrected chi connectivity index (χ1v) is 10.0. The van der Waals surface area contributed by atoms with Crippen molar-refractivity contribution < 1.29 is 13.2 Å². The van der Waals surface area contributed by atoms with Crippen LogP contribution in [0.2, 0.25) is 0 Å². The number of aromatic nitrogens is 1. The van der Waals surface area contributed by atoms with E-state index in [-0.39, 0.29) is 10.8 Å². The quantitative estimate of drug-likeness (QED) is 0.599. The van der Waals surface area contributed by atoms with Crippen LogP contribution < -0.4 is 15.4 Å². The molecule has 9 heteroatoms. The second kappa shape index (κ2) is 6.20. The van der Waals surface area contributed by atoms with E-state index in [0.717, 1.165) is 21.5 Å². The van der Waals surface area contributed by atoms with Gasteiger partial charge in [0.05, 0.1) is 31.9 Å². The first-order valence-electron chi connectivity index (χ1n) is 7.68. The van der Waals surface area contributed by atoms with Crippen molar-refractivity contribution in [2.24, 2.45) is 0 Å².